The zero-order chi connectivity index (χ0) is 20.2. The van der Waals surface area contributed by atoms with Gasteiger partial charge in [0.25, 0.3) is 5.91 Å². The molecule has 150 valence electrons. The van der Waals surface area contributed by atoms with Gasteiger partial charge in [-0.1, -0.05) is 49.8 Å². The first kappa shape index (κ1) is 21.4. The lowest BCUT2D eigenvalue weighted by Crippen LogP contribution is -2.55. The van der Waals surface area contributed by atoms with Crippen molar-refractivity contribution in [2.45, 2.75) is 78.2 Å². The summed E-state index contributed by atoms with van der Waals surface area (Å²) in [6.07, 6.45) is 5.99. The zero-order valence-corrected chi connectivity index (χ0v) is 17.3. The van der Waals surface area contributed by atoms with Gasteiger partial charge in [-0.3, -0.25) is 10.0 Å². The number of amides is 1. The van der Waals surface area contributed by atoms with Crippen LogP contribution in [0.3, 0.4) is 0 Å². The number of carbonyl (C=O) groups excluding carboxylic acids is 2. The number of aryl methyl sites for hydroxylation is 3. The van der Waals surface area contributed by atoms with Crippen LogP contribution in [-0.4, -0.2) is 34.8 Å². The molecule has 1 fully saturated rings. The third-order valence-corrected chi connectivity index (χ3v) is 5.91. The van der Waals surface area contributed by atoms with E-state index in [1.54, 1.807) is 6.92 Å². The highest BCUT2D eigenvalue weighted by Gasteiger charge is 2.45. The fraction of sp³-hybridized carbons (Fsp3) is 0.636. The number of rotatable bonds is 6. The number of benzene rings is 1. The molecule has 0 heterocycles. The van der Waals surface area contributed by atoms with Gasteiger partial charge >= 0.3 is 5.97 Å². The van der Waals surface area contributed by atoms with Gasteiger partial charge in [-0.15, -0.1) is 0 Å². The molecule has 1 saturated carbocycles. The molecule has 1 aromatic rings. The highest BCUT2D eigenvalue weighted by Crippen LogP contribution is 2.34. The van der Waals surface area contributed by atoms with E-state index >= 15 is 0 Å². The lowest BCUT2D eigenvalue weighted by atomic mass is 9.79. The van der Waals surface area contributed by atoms with Crippen molar-refractivity contribution in [3.8, 4) is 0 Å². The Morgan fingerprint density at radius 1 is 1.15 bits per heavy atom. The van der Waals surface area contributed by atoms with Gasteiger partial charge < -0.3 is 4.74 Å². The predicted octanol–water partition coefficient (Wildman–Crippen LogP) is 4.27. The summed E-state index contributed by atoms with van der Waals surface area (Å²) in [6.45, 7) is 7.56. The summed E-state index contributed by atoms with van der Waals surface area (Å²) in [5.74, 6) is -0.733. The quantitative estimate of drug-likeness (QED) is 0.458. The first-order chi connectivity index (χ1) is 12.7. The molecule has 1 unspecified atom stereocenters. The molecule has 0 aliphatic heterocycles. The topological polar surface area (TPSA) is 66.8 Å². The van der Waals surface area contributed by atoms with Crippen molar-refractivity contribution < 1.29 is 19.5 Å². The van der Waals surface area contributed by atoms with Crippen molar-refractivity contribution in [1.29, 1.82) is 0 Å². The van der Waals surface area contributed by atoms with Crippen LogP contribution in [-0.2, 0) is 20.7 Å². The second kappa shape index (κ2) is 8.87. The van der Waals surface area contributed by atoms with Crippen LogP contribution >= 0.6 is 0 Å². The lowest BCUT2D eigenvalue weighted by Gasteiger charge is -2.37. The molecule has 1 N–H and O–H groups in total. The fourth-order valence-electron chi connectivity index (χ4n) is 4.42. The maximum Gasteiger partial charge on any atom is 0.334 e. The zero-order valence-electron chi connectivity index (χ0n) is 17.3. The van der Waals surface area contributed by atoms with Crippen LogP contribution in [0.25, 0.3) is 0 Å². The standard InChI is InChI=1S/C22H33NO4/c1-15-11-16(2)19(17(3)12-15)13-20(24)23(26)22(4,21(25)27-5)14-18-9-7-6-8-10-18/h11-12,18,26H,6-10,13-14H2,1-5H3. The smallest absolute Gasteiger partial charge is 0.334 e. The summed E-state index contributed by atoms with van der Waals surface area (Å²) in [4.78, 5) is 25.4. The predicted molar refractivity (Wildman–Crippen MR) is 105 cm³/mol. The van der Waals surface area contributed by atoms with Crippen molar-refractivity contribution in [2.24, 2.45) is 5.92 Å². The number of methoxy groups -OCH3 is 1. The summed E-state index contributed by atoms with van der Waals surface area (Å²) in [5.41, 5.74) is 2.70. The largest absolute Gasteiger partial charge is 0.467 e. The molecular formula is C22H33NO4. The van der Waals surface area contributed by atoms with Crippen LogP contribution in [0, 0.1) is 26.7 Å². The van der Waals surface area contributed by atoms with Gasteiger partial charge in [0.2, 0.25) is 0 Å². The van der Waals surface area contributed by atoms with Crippen LogP contribution in [0.15, 0.2) is 12.1 Å². The average molecular weight is 376 g/mol. The maximum absolute atomic E-state index is 12.9. The summed E-state index contributed by atoms with van der Waals surface area (Å²) in [6, 6.07) is 4.05. The molecule has 0 saturated heterocycles. The number of nitrogens with zero attached hydrogens (tertiary/aromatic N) is 1. The van der Waals surface area contributed by atoms with E-state index in [2.05, 4.69) is 0 Å². The van der Waals surface area contributed by atoms with E-state index in [4.69, 9.17) is 4.74 Å². The van der Waals surface area contributed by atoms with Gasteiger partial charge in [0.15, 0.2) is 5.54 Å². The minimum absolute atomic E-state index is 0.0612. The summed E-state index contributed by atoms with van der Waals surface area (Å²) in [5, 5.41) is 11.4. The molecule has 1 amide bonds. The van der Waals surface area contributed by atoms with Crippen molar-refractivity contribution in [3.05, 3.63) is 34.4 Å². The highest BCUT2D eigenvalue weighted by atomic mass is 16.6. The van der Waals surface area contributed by atoms with Gasteiger partial charge in [0.05, 0.1) is 13.5 Å². The Bertz CT molecular complexity index is 671. The van der Waals surface area contributed by atoms with E-state index < -0.39 is 17.4 Å². The minimum Gasteiger partial charge on any atom is -0.467 e. The fourth-order valence-corrected chi connectivity index (χ4v) is 4.42. The van der Waals surface area contributed by atoms with Gasteiger partial charge in [0, 0.05) is 0 Å². The Balaban J connectivity index is 2.22. The number of carbonyl (C=O) groups is 2. The Morgan fingerprint density at radius 2 is 1.70 bits per heavy atom. The third kappa shape index (κ3) is 4.89. The van der Waals surface area contributed by atoms with Crippen LogP contribution in [0.1, 0.15) is 67.7 Å². The van der Waals surface area contributed by atoms with E-state index in [1.807, 2.05) is 32.9 Å². The Hall–Kier alpha value is -1.88. The van der Waals surface area contributed by atoms with Crippen molar-refractivity contribution in [1.82, 2.24) is 5.06 Å². The molecule has 1 aromatic carbocycles. The minimum atomic E-state index is -1.36. The monoisotopic (exact) mass is 375 g/mol. The third-order valence-electron chi connectivity index (χ3n) is 5.91. The second-order valence-electron chi connectivity index (χ2n) is 8.23. The molecule has 5 nitrogen and oxygen atoms in total. The number of hydrogen-bond acceptors (Lipinski definition) is 4. The van der Waals surface area contributed by atoms with Gasteiger partial charge in [-0.05, 0) is 56.7 Å². The normalized spacial score (nSPS) is 17.3. The maximum atomic E-state index is 12.9. The number of hydrogen-bond donors (Lipinski definition) is 1. The Morgan fingerprint density at radius 3 is 2.22 bits per heavy atom. The van der Waals surface area contributed by atoms with Gasteiger partial charge in [-0.2, -0.15) is 0 Å². The van der Waals surface area contributed by atoms with Crippen LogP contribution in [0.2, 0.25) is 0 Å². The van der Waals surface area contributed by atoms with Crippen molar-refractivity contribution in [3.63, 3.8) is 0 Å². The molecule has 27 heavy (non-hydrogen) atoms. The van der Waals surface area contributed by atoms with Crippen molar-refractivity contribution >= 4 is 11.9 Å². The molecule has 5 heteroatoms. The van der Waals surface area contributed by atoms with Crippen LogP contribution < -0.4 is 0 Å². The summed E-state index contributed by atoms with van der Waals surface area (Å²) >= 11 is 0. The van der Waals surface area contributed by atoms with Crippen LogP contribution in [0.5, 0.6) is 0 Å². The SMILES string of the molecule is COC(=O)C(C)(CC1CCCCC1)N(O)C(=O)Cc1c(C)cc(C)cc1C. The number of esters is 1. The summed E-state index contributed by atoms with van der Waals surface area (Å²) in [7, 11) is 1.30. The number of hydroxylamine groups is 2. The highest BCUT2D eigenvalue weighted by molar-refractivity contribution is 5.88. The molecule has 0 spiro atoms. The lowest BCUT2D eigenvalue weighted by molar-refractivity contribution is -0.207. The summed E-state index contributed by atoms with van der Waals surface area (Å²) < 4.78 is 4.95. The molecule has 1 aliphatic rings. The molecule has 1 aliphatic carbocycles. The van der Waals surface area contributed by atoms with E-state index in [0.717, 1.165) is 47.9 Å². The first-order valence-electron chi connectivity index (χ1n) is 9.86. The average Bonchev–Trinajstić information content (AvgIpc) is 2.63. The van der Waals surface area contributed by atoms with E-state index in [-0.39, 0.29) is 6.42 Å². The van der Waals surface area contributed by atoms with Crippen molar-refractivity contribution in [2.75, 3.05) is 7.11 Å². The van der Waals surface area contributed by atoms with E-state index in [1.165, 1.54) is 13.5 Å². The molecule has 0 radical (unpaired) electrons. The molecular weight excluding hydrogens is 342 g/mol. The van der Waals surface area contributed by atoms with E-state index in [0.29, 0.717) is 17.4 Å². The van der Waals surface area contributed by atoms with Gasteiger partial charge in [-0.25, -0.2) is 9.86 Å². The van der Waals surface area contributed by atoms with E-state index in [9.17, 15) is 14.8 Å². The Labute approximate surface area is 162 Å². The number of ether oxygens (including phenoxy) is 1. The Kier molecular flexibility index (Phi) is 7.04. The second-order valence-corrected chi connectivity index (χ2v) is 8.23. The molecule has 0 aromatic heterocycles. The molecule has 2 rings (SSSR count). The van der Waals surface area contributed by atoms with Gasteiger partial charge in [0.1, 0.15) is 0 Å². The first-order valence-corrected chi connectivity index (χ1v) is 9.86. The molecule has 1 atom stereocenters. The van der Waals surface area contributed by atoms with Crippen LogP contribution in [0.4, 0.5) is 0 Å². The molecule has 0 bridgehead atoms.